The van der Waals surface area contributed by atoms with Crippen LogP contribution in [0.2, 0.25) is 0 Å². The minimum Gasteiger partial charge on any atom is -0.494 e. The van der Waals surface area contributed by atoms with Crippen molar-refractivity contribution in [2.45, 2.75) is 109 Å². The molecule has 0 saturated carbocycles. The van der Waals surface area contributed by atoms with Gasteiger partial charge in [-0.2, -0.15) is 11.8 Å². The number of thioether (sulfide) groups is 1. The van der Waals surface area contributed by atoms with Gasteiger partial charge in [0.2, 0.25) is 23.6 Å². The summed E-state index contributed by atoms with van der Waals surface area (Å²) in [7, 11) is 1.45. The van der Waals surface area contributed by atoms with Gasteiger partial charge in [-0.1, -0.05) is 36.8 Å². The van der Waals surface area contributed by atoms with Gasteiger partial charge in [0, 0.05) is 128 Å². The predicted molar refractivity (Wildman–Crippen MR) is 344 cm³/mol. The standard InChI is InChI=1S/C64H94F2N12O12S/c1-4-73-27-29-74(31-32-76(43-60(85)86)34-33-75(30-28-73)42-59(83)84)41-57(81)72-54(11-5-6-22-69-56(80)12-7-9-47-15-13-46(2)14-16-47)62(88)70-24-36-91-44-55(79)63(89)77-25-20-48(21-26-77)10-8-35-90-50-17-18-53-52(37-50)51(19-23-68-53)61(87)71-40-58(82)78-45-64(65,66)38-49(78)39-67-3/h13-19,23,37,39,48-49,54-55,79H,4-12,20-22,24-36,38,40-45H2,1-3H3,(H,69,80)(H,70,88)(H,71,87)(H,72,81)(H,83,84)(H,85,86)/t49-,54?,55-/m1/s1. The van der Waals surface area contributed by atoms with Gasteiger partial charge in [-0.3, -0.25) is 63.0 Å². The van der Waals surface area contributed by atoms with E-state index < -0.39 is 73.3 Å². The molecule has 27 heteroatoms. The predicted octanol–water partition coefficient (Wildman–Crippen LogP) is 3.02. The molecule has 3 saturated heterocycles. The molecular formula is C64H94F2N12O12S. The number of likely N-dealkylation sites (tertiary alicyclic amines) is 2. The van der Waals surface area contributed by atoms with E-state index in [1.165, 1.54) is 48.4 Å². The number of pyridine rings is 1. The van der Waals surface area contributed by atoms with Gasteiger partial charge in [0.05, 0.1) is 56.5 Å². The Hall–Kier alpha value is -6.91. The van der Waals surface area contributed by atoms with Crippen molar-refractivity contribution in [2.75, 3.05) is 143 Å². The molecule has 24 nitrogen and oxygen atoms in total. The van der Waals surface area contributed by atoms with E-state index in [1.54, 1.807) is 32.9 Å². The van der Waals surface area contributed by atoms with Gasteiger partial charge in [0.25, 0.3) is 17.7 Å². The molecule has 0 spiro atoms. The van der Waals surface area contributed by atoms with E-state index in [9.17, 15) is 62.5 Å². The maximum absolute atomic E-state index is 14.1. The zero-order chi connectivity index (χ0) is 65.7. The first-order valence-electron chi connectivity index (χ1n) is 31.8. The van der Waals surface area contributed by atoms with E-state index in [-0.39, 0.29) is 55.2 Å². The summed E-state index contributed by atoms with van der Waals surface area (Å²) in [5.74, 6) is -6.06. The number of unbranched alkanes of at least 4 members (excludes halogenated alkanes) is 1. The van der Waals surface area contributed by atoms with Crippen LogP contribution in [0.1, 0.15) is 92.6 Å². The lowest BCUT2D eigenvalue weighted by Gasteiger charge is -2.33. The van der Waals surface area contributed by atoms with Gasteiger partial charge in [0.15, 0.2) is 0 Å². The van der Waals surface area contributed by atoms with Crippen LogP contribution in [0.5, 0.6) is 5.75 Å². The number of halogens is 2. The van der Waals surface area contributed by atoms with Crippen molar-refractivity contribution in [1.29, 1.82) is 0 Å². The molecule has 0 radical (unpaired) electrons. The molecule has 91 heavy (non-hydrogen) atoms. The summed E-state index contributed by atoms with van der Waals surface area (Å²) >= 11 is 1.32. The average Bonchev–Trinajstić information content (AvgIpc) is 2.19. The van der Waals surface area contributed by atoms with E-state index in [1.807, 2.05) is 18.7 Å². The van der Waals surface area contributed by atoms with E-state index in [0.717, 1.165) is 37.0 Å². The Labute approximate surface area is 536 Å². The molecule has 3 aliphatic rings. The van der Waals surface area contributed by atoms with Crippen LogP contribution in [0.3, 0.4) is 0 Å². The normalized spacial score (nSPS) is 18.2. The first-order valence-corrected chi connectivity index (χ1v) is 33.0. The number of piperidine rings is 1. The van der Waals surface area contributed by atoms with Crippen LogP contribution < -0.4 is 26.0 Å². The van der Waals surface area contributed by atoms with Crippen LogP contribution in [0.25, 0.3) is 10.9 Å². The number of aliphatic imine (C=N–C) groups is 1. The number of aliphatic hydroxyl groups excluding tert-OH is 1. The van der Waals surface area contributed by atoms with Gasteiger partial charge >= 0.3 is 11.9 Å². The second-order valence-electron chi connectivity index (χ2n) is 23.8. The number of benzene rings is 2. The maximum atomic E-state index is 14.1. The number of ether oxygens (including phenoxy) is 1. The maximum Gasteiger partial charge on any atom is 0.317 e. The van der Waals surface area contributed by atoms with Gasteiger partial charge < -0.3 is 56.0 Å². The number of nitrogens with zero attached hydrogens (tertiary/aromatic N) is 8. The van der Waals surface area contributed by atoms with Crippen LogP contribution in [0.4, 0.5) is 8.78 Å². The number of carboxylic acid groups (broad SMARTS) is 2. The highest BCUT2D eigenvalue weighted by Gasteiger charge is 2.46. The van der Waals surface area contributed by atoms with Crippen molar-refractivity contribution in [2.24, 2.45) is 10.9 Å². The van der Waals surface area contributed by atoms with Crippen molar-refractivity contribution in [1.82, 2.24) is 55.7 Å². The molecule has 0 bridgehead atoms. The summed E-state index contributed by atoms with van der Waals surface area (Å²) < 4.78 is 34.4. The fraction of sp³-hybridized carbons (Fsp3) is 0.625. The summed E-state index contributed by atoms with van der Waals surface area (Å²) in [5.41, 5.74) is 3.13. The molecule has 7 N–H and O–H groups in total. The fourth-order valence-electron chi connectivity index (χ4n) is 11.5. The van der Waals surface area contributed by atoms with Crippen molar-refractivity contribution in [3.05, 3.63) is 71.4 Å². The van der Waals surface area contributed by atoms with Crippen LogP contribution in [0, 0.1) is 12.8 Å². The number of rotatable bonds is 33. The Kier molecular flexibility index (Phi) is 30.7. The third-order valence-electron chi connectivity index (χ3n) is 16.7. The number of carbonyl (C=O) groups excluding carboxylic acids is 6. The summed E-state index contributed by atoms with van der Waals surface area (Å²) in [4.78, 5) is 122. The Morgan fingerprint density at radius 1 is 0.791 bits per heavy atom. The number of amides is 6. The van der Waals surface area contributed by atoms with Crippen LogP contribution in [-0.2, 0) is 40.0 Å². The van der Waals surface area contributed by atoms with Crippen molar-refractivity contribution in [3.63, 3.8) is 0 Å². The number of fused-ring (bicyclic) bond motifs is 1. The van der Waals surface area contributed by atoms with Gasteiger partial charge in [-0.25, -0.2) is 8.78 Å². The highest BCUT2D eigenvalue weighted by molar-refractivity contribution is 7.99. The number of likely N-dealkylation sites (N-methyl/N-ethyl adjacent to an activating group) is 1. The topological polar surface area (TPSA) is 299 Å². The fourth-order valence-corrected chi connectivity index (χ4v) is 12.3. The lowest BCUT2D eigenvalue weighted by atomic mass is 9.92. The lowest BCUT2D eigenvalue weighted by molar-refractivity contribution is -0.140. The summed E-state index contributed by atoms with van der Waals surface area (Å²) in [6, 6.07) is 13.2. The molecule has 0 aliphatic carbocycles. The Morgan fingerprint density at radius 2 is 1.45 bits per heavy atom. The van der Waals surface area contributed by atoms with Gasteiger partial charge in [0.1, 0.15) is 17.9 Å². The van der Waals surface area contributed by atoms with E-state index in [0.29, 0.717) is 146 Å². The summed E-state index contributed by atoms with van der Waals surface area (Å²) in [6.07, 6.45) is 7.37. The zero-order valence-electron chi connectivity index (χ0n) is 53.0. The number of aryl methyl sites for hydroxylation is 2. The number of hydrogen-bond acceptors (Lipinski definition) is 17. The second-order valence-corrected chi connectivity index (χ2v) is 24.9. The van der Waals surface area contributed by atoms with E-state index >= 15 is 0 Å². The number of carboxylic acids is 2. The lowest BCUT2D eigenvalue weighted by Crippen LogP contribution is -2.52. The molecule has 3 aromatic rings. The number of aromatic nitrogens is 1. The SMILES string of the molecule is CCN1CCN(CC(=O)O)CCN(CC(=O)O)CCN(CC(=O)NC(CCCCNC(=O)CCCc2ccc(C)cc2)C(=O)NCCSC[C@@H](O)C(=O)N2CCC(CCCOc3ccc4nccc(C(=O)NCC(=O)N5CC(F)(F)C[C@@H]5C=NC)c4c3)CC2)CC1. The molecule has 6 rings (SSSR count). The van der Waals surface area contributed by atoms with E-state index in [4.69, 9.17) is 4.74 Å². The number of alkyl halides is 2. The van der Waals surface area contributed by atoms with Gasteiger partial charge in [-0.15, -0.1) is 0 Å². The first kappa shape index (κ1) is 73.1. The quantitative estimate of drug-likeness (QED) is 0.0341. The Bertz CT molecular complexity index is 2890. The van der Waals surface area contributed by atoms with E-state index in [2.05, 4.69) is 60.4 Å². The molecule has 3 fully saturated rings. The molecule has 4 heterocycles. The third kappa shape index (κ3) is 26.0. The zero-order valence-corrected chi connectivity index (χ0v) is 53.8. The minimum absolute atomic E-state index is 0.0536. The molecule has 1 unspecified atom stereocenters. The van der Waals surface area contributed by atoms with Crippen LogP contribution in [-0.4, -0.2) is 270 Å². The Balaban J connectivity index is 0.921. The van der Waals surface area contributed by atoms with Crippen LogP contribution >= 0.6 is 11.8 Å². The second kappa shape index (κ2) is 38.2. The third-order valence-corrected chi connectivity index (χ3v) is 17.8. The monoisotopic (exact) mass is 1290 g/mol. The Morgan fingerprint density at radius 3 is 2.10 bits per heavy atom. The highest BCUT2D eigenvalue weighted by atomic mass is 32.2. The number of hydrogen-bond donors (Lipinski definition) is 7. The number of nitrogens with one attached hydrogen (secondary N) is 4. The molecule has 2 aromatic carbocycles. The first-order chi connectivity index (χ1) is 43.7. The minimum atomic E-state index is -3.05. The smallest absolute Gasteiger partial charge is 0.317 e. The summed E-state index contributed by atoms with van der Waals surface area (Å²) in [5, 5.41) is 42.1. The largest absolute Gasteiger partial charge is 0.494 e. The number of aliphatic hydroxyl groups is 1. The molecule has 3 atom stereocenters. The molecule has 502 valence electrons. The van der Waals surface area contributed by atoms with Crippen LogP contribution in [0.15, 0.2) is 59.7 Å². The molecular weight excluding hydrogens is 1200 g/mol. The van der Waals surface area contributed by atoms with Crippen molar-refractivity contribution >= 4 is 76.3 Å². The molecule has 1 aromatic heterocycles. The summed E-state index contributed by atoms with van der Waals surface area (Å²) in [6.45, 7) is 8.51. The average molecular weight is 1290 g/mol. The molecule has 6 amide bonds. The number of aliphatic carboxylic acids is 2. The van der Waals surface area contributed by atoms with Crippen molar-refractivity contribution < 1.29 is 67.2 Å². The van der Waals surface area contributed by atoms with Gasteiger partial charge in [-0.05, 0) is 107 Å². The molecule has 3 aliphatic heterocycles. The van der Waals surface area contributed by atoms with Crippen molar-refractivity contribution in [3.8, 4) is 5.75 Å². The highest BCUT2D eigenvalue weighted by Crippen LogP contribution is 2.32. The number of carbonyl (C=O) groups is 8.